The third kappa shape index (κ3) is 5.56. The molecule has 0 radical (unpaired) electrons. The Kier molecular flexibility index (Phi) is 7.80. The highest BCUT2D eigenvalue weighted by Crippen LogP contribution is 2.29. The normalized spacial score (nSPS) is 14.7. The van der Waals surface area contributed by atoms with Gasteiger partial charge in [0.1, 0.15) is 0 Å². The standard InChI is InChI=1S/C26H32N4O4/c1-33-23-16-21-22(17-24(23)34-2)27-19-30(26(21)32)12-6-10-25(31)29-13-7-11-28(14-15-29)18-20-8-4-3-5-9-20/h3-5,8-9,16-17,19H,6-7,10-15,18H2,1-2H3. The van der Waals surface area contributed by atoms with Crippen LogP contribution in [0.4, 0.5) is 0 Å². The monoisotopic (exact) mass is 464 g/mol. The van der Waals surface area contributed by atoms with E-state index in [2.05, 4.69) is 34.1 Å². The summed E-state index contributed by atoms with van der Waals surface area (Å²) in [5.41, 5.74) is 1.71. The Morgan fingerprint density at radius 1 is 1.00 bits per heavy atom. The van der Waals surface area contributed by atoms with Crippen LogP contribution in [-0.4, -0.2) is 65.7 Å². The molecule has 0 atom stereocenters. The molecule has 1 saturated heterocycles. The fourth-order valence-electron chi connectivity index (χ4n) is 4.42. The van der Waals surface area contributed by atoms with Gasteiger partial charge in [-0.2, -0.15) is 0 Å². The second-order valence-electron chi connectivity index (χ2n) is 8.57. The second kappa shape index (κ2) is 11.2. The molecule has 1 aliphatic rings. The highest BCUT2D eigenvalue weighted by atomic mass is 16.5. The Balaban J connectivity index is 1.32. The Morgan fingerprint density at radius 2 is 1.76 bits per heavy atom. The molecule has 180 valence electrons. The van der Waals surface area contributed by atoms with Gasteiger partial charge in [-0.1, -0.05) is 30.3 Å². The number of carbonyl (C=O) groups is 1. The number of amides is 1. The van der Waals surface area contributed by atoms with Crippen LogP contribution >= 0.6 is 0 Å². The number of carbonyl (C=O) groups excluding carboxylic acids is 1. The number of rotatable bonds is 8. The lowest BCUT2D eigenvalue weighted by atomic mass is 10.2. The number of hydrogen-bond donors (Lipinski definition) is 0. The zero-order chi connectivity index (χ0) is 23.9. The first kappa shape index (κ1) is 23.8. The minimum Gasteiger partial charge on any atom is -0.493 e. The van der Waals surface area contributed by atoms with Crippen molar-refractivity contribution in [1.29, 1.82) is 0 Å². The van der Waals surface area contributed by atoms with E-state index >= 15 is 0 Å². The van der Waals surface area contributed by atoms with Crippen molar-refractivity contribution in [3.05, 3.63) is 64.7 Å². The van der Waals surface area contributed by atoms with Crippen LogP contribution in [0.15, 0.2) is 53.6 Å². The minimum atomic E-state index is -0.148. The largest absolute Gasteiger partial charge is 0.493 e. The highest BCUT2D eigenvalue weighted by molar-refractivity contribution is 5.81. The van der Waals surface area contributed by atoms with Crippen LogP contribution in [0.25, 0.3) is 10.9 Å². The smallest absolute Gasteiger partial charge is 0.261 e. The summed E-state index contributed by atoms with van der Waals surface area (Å²) in [5.74, 6) is 1.17. The number of hydrogen-bond acceptors (Lipinski definition) is 6. The van der Waals surface area contributed by atoms with Gasteiger partial charge in [0.15, 0.2) is 11.5 Å². The summed E-state index contributed by atoms with van der Waals surface area (Å²) in [6, 6.07) is 13.8. The molecule has 34 heavy (non-hydrogen) atoms. The molecule has 1 aromatic heterocycles. The van der Waals surface area contributed by atoms with Crippen LogP contribution in [-0.2, 0) is 17.9 Å². The van der Waals surface area contributed by atoms with Crippen LogP contribution in [0.3, 0.4) is 0 Å². The summed E-state index contributed by atoms with van der Waals surface area (Å²) in [6.45, 7) is 4.74. The van der Waals surface area contributed by atoms with Crippen molar-refractivity contribution in [1.82, 2.24) is 19.4 Å². The van der Waals surface area contributed by atoms with Crippen LogP contribution in [0, 0.1) is 0 Å². The molecule has 0 N–H and O–H groups in total. The fraction of sp³-hybridized carbons (Fsp3) is 0.423. The molecular weight excluding hydrogens is 432 g/mol. The van der Waals surface area contributed by atoms with Crippen molar-refractivity contribution in [2.24, 2.45) is 0 Å². The van der Waals surface area contributed by atoms with Gasteiger partial charge < -0.3 is 14.4 Å². The molecule has 8 nitrogen and oxygen atoms in total. The van der Waals surface area contributed by atoms with Gasteiger partial charge in [0, 0.05) is 51.8 Å². The van der Waals surface area contributed by atoms with E-state index in [1.165, 1.54) is 19.0 Å². The Bertz CT molecular complexity index is 1180. The second-order valence-corrected chi connectivity index (χ2v) is 8.57. The van der Waals surface area contributed by atoms with Gasteiger partial charge in [-0.3, -0.25) is 19.1 Å². The predicted molar refractivity (Wildman–Crippen MR) is 131 cm³/mol. The zero-order valence-corrected chi connectivity index (χ0v) is 19.9. The van der Waals surface area contributed by atoms with E-state index < -0.39 is 0 Å². The summed E-state index contributed by atoms with van der Waals surface area (Å²) >= 11 is 0. The molecule has 0 aliphatic carbocycles. The first-order valence-corrected chi connectivity index (χ1v) is 11.7. The van der Waals surface area contributed by atoms with Crippen molar-refractivity contribution in [2.75, 3.05) is 40.4 Å². The zero-order valence-electron chi connectivity index (χ0n) is 19.9. The number of aryl methyl sites for hydroxylation is 1. The number of fused-ring (bicyclic) bond motifs is 1. The maximum absolute atomic E-state index is 12.9. The number of ether oxygens (including phenoxy) is 2. The van der Waals surface area contributed by atoms with Crippen molar-refractivity contribution in [3.8, 4) is 11.5 Å². The predicted octanol–water partition coefficient (Wildman–Crippen LogP) is 2.93. The molecular formula is C26H32N4O4. The molecule has 1 aliphatic heterocycles. The van der Waals surface area contributed by atoms with Gasteiger partial charge in [-0.05, 0) is 24.5 Å². The summed E-state index contributed by atoms with van der Waals surface area (Å²) in [4.78, 5) is 34.5. The van der Waals surface area contributed by atoms with Crippen molar-refractivity contribution in [2.45, 2.75) is 32.4 Å². The molecule has 0 saturated carbocycles. The average molecular weight is 465 g/mol. The van der Waals surface area contributed by atoms with E-state index in [9.17, 15) is 9.59 Å². The fourth-order valence-corrected chi connectivity index (χ4v) is 4.42. The lowest BCUT2D eigenvalue weighted by Crippen LogP contribution is -2.35. The van der Waals surface area contributed by atoms with Crippen LogP contribution in [0.1, 0.15) is 24.8 Å². The van der Waals surface area contributed by atoms with Crippen LogP contribution < -0.4 is 15.0 Å². The number of nitrogens with zero attached hydrogens (tertiary/aromatic N) is 4. The third-order valence-corrected chi connectivity index (χ3v) is 6.31. The Morgan fingerprint density at radius 3 is 2.53 bits per heavy atom. The average Bonchev–Trinajstić information content (AvgIpc) is 3.11. The van der Waals surface area contributed by atoms with Gasteiger partial charge >= 0.3 is 0 Å². The van der Waals surface area contributed by atoms with Crippen molar-refractivity contribution in [3.63, 3.8) is 0 Å². The highest BCUT2D eigenvalue weighted by Gasteiger charge is 2.19. The maximum atomic E-state index is 12.9. The first-order valence-electron chi connectivity index (χ1n) is 11.7. The molecule has 1 amide bonds. The summed E-state index contributed by atoms with van der Waals surface area (Å²) in [5, 5.41) is 0.470. The summed E-state index contributed by atoms with van der Waals surface area (Å²) in [6.07, 6.45) is 3.50. The molecule has 3 aromatic rings. The van der Waals surface area contributed by atoms with E-state index in [0.717, 1.165) is 39.1 Å². The minimum absolute atomic E-state index is 0.148. The number of methoxy groups -OCH3 is 2. The Labute approximate surface area is 199 Å². The van der Waals surface area contributed by atoms with E-state index in [1.807, 2.05) is 11.0 Å². The topological polar surface area (TPSA) is 76.9 Å². The third-order valence-electron chi connectivity index (χ3n) is 6.31. The molecule has 2 heterocycles. The molecule has 8 heteroatoms. The SMILES string of the molecule is COc1cc2ncn(CCCC(=O)N3CCCN(Cc4ccccc4)CC3)c(=O)c2cc1OC. The van der Waals surface area contributed by atoms with Gasteiger partial charge in [-0.25, -0.2) is 4.98 Å². The number of aromatic nitrogens is 2. The first-order chi connectivity index (χ1) is 16.6. The Hall–Kier alpha value is -3.39. The number of benzene rings is 2. The molecule has 0 bridgehead atoms. The van der Waals surface area contributed by atoms with Crippen molar-refractivity contribution < 1.29 is 14.3 Å². The van der Waals surface area contributed by atoms with Gasteiger partial charge in [0.25, 0.3) is 5.56 Å². The quantitative estimate of drug-likeness (QED) is 0.510. The lowest BCUT2D eigenvalue weighted by Gasteiger charge is -2.22. The molecule has 4 rings (SSSR count). The van der Waals surface area contributed by atoms with Crippen LogP contribution in [0.5, 0.6) is 11.5 Å². The van der Waals surface area contributed by atoms with Gasteiger partial charge in [-0.15, -0.1) is 0 Å². The molecule has 1 fully saturated rings. The molecule has 0 unspecified atom stereocenters. The van der Waals surface area contributed by atoms with E-state index in [1.54, 1.807) is 23.8 Å². The summed E-state index contributed by atoms with van der Waals surface area (Å²) < 4.78 is 12.2. The maximum Gasteiger partial charge on any atom is 0.261 e. The van der Waals surface area contributed by atoms with Crippen LogP contribution in [0.2, 0.25) is 0 Å². The lowest BCUT2D eigenvalue weighted by molar-refractivity contribution is -0.131. The molecule has 0 spiro atoms. The molecule has 2 aromatic carbocycles. The summed E-state index contributed by atoms with van der Waals surface area (Å²) in [7, 11) is 3.08. The van der Waals surface area contributed by atoms with E-state index in [-0.39, 0.29) is 11.5 Å². The van der Waals surface area contributed by atoms with Gasteiger partial charge in [0.05, 0.1) is 31.4 Å². The van der Waals surface area contributed by atoms with Gasteiger partial charge in [0.2, 0.25) is 5.91 Å². The van der Waals surface area contributed by atoms with Crippen molar-refractivity contribution >= 4 is 16.8 Å². The van der Waals surface area contributed by atoms with E-state index in [4.69, 9.17) is 9.47 Å². The van der Waals surface area contributed by atoms with E-state index in [0.29, 0.717) is 41.8 Å².